The SMILES string of the molecule is CNC1COCC(C)n2c1nc(C(=O)NCc1ccc(F)c(C)c1)c(O)c2=O. The highest BCUT2D eigenvalue weighted by Crippen LogP contribution is 2.22. The van der Waals surface area contributed by atoms with Crippen molar-refractivity contribution < 1.29 is 19.0 Å². The van der Waals surface area contributed by atoms with E-state index in [9.17, 15) is 19.1 Å². The summed E-state index contributed by atoms with van der Waals surface area (Å²) in [6.45, 7) is 4.09. The number of carbonyl (C=O) groups is 1. The highest BCUT2D eigenvalue weighted by Gasteiger charge is 2.29. The van der Waals surface area contributed by atoms with Gasteiger partial charge >= 0.3 is 0 Å². The summed E-state index contributed by atoms with van der Waals surface area (Å²) in [6.07, 6.45) is 0. The van der Waals surface area contributed by atoms with Gasteiger partial charge in [-0.2, -0.15) is 0 Å². The van der Waals surface area contributed by atoms with Crippen molar-refractivity contribution in [3.05, 3.63) is 57.0 Å². The van der Waals surface area contributed by atoms with E-state index in [-0.39, 0.29) is 30.7 Å². The molecule has 8 nitrogen and oxygen atoms in total. The lowest BCUT2D eigenvalue weighted by Gasteiger charge is -2.20. The van der Waals surface area contributed by atoms with Crippen LogP contribution in [-0.4, -0.2) is 40.8 Å². The number of hydrogen-bond donors (Lipinski definition) is 3. The number of likely N-dealkylation sites (N-methyl/N-ethyl adjacent to an activating group) is 1. The third-order valence-electron chi connectivity index (χ3n) is 4.75. The van der Waals surface area contributed by atoms with Crippen LogP contribution in [-0.2, 0) is 11.3 Å². The first-order valence-corrected chi connectivity index (χ1v) is 8.97. The summed E-state index contributed by atoms with van der Waals surface area (Å²) in [5.41, 5.74) is 0.116. The molecule has 1 aliphatic rings. The molecule has 2 heterocycles. The van der Waals surface area contributed by atoms with Gasteiger partial charge in [0.05, 0.1) is 25.3 Å². The van der Waals surface area contributed by atoms with Gasteiger partial charge < -0.3 is 20.5 Å². The molecule has 0 saturated heterocycles. The Kier molecular flexibility index (Phi) is 5.76. The van der Waals surface area contributed by atoms with Crippen LogP contribution in [0.25, 0.3) is 0 Å². The molecular weight excluding hydrogens is 367 g/mol. The predicted octanol–water partition coefficient (Wildman–Crippen LogP) is 1.18. The van der Waals surface area contributed by atoms with Crippen LogP contribution in [0.3, 0.4) is 0 Å². The maximum atomic E-state index is 13.4. The maximum absolute atomic E-state index is 13.4. The second-order valence-electron chi connectivity index (χ2n) is 6.84. The van der Waals surface area contributed by atoms with Crippen LogP contribution in [0, 0.1) is 12.7 Å². The summed E-state index contributed by atoms with van der Waals surface area (Å²) < 4.78 is 20.3. The van der Waals surface area contributed by atoms with Crippen molar-refractivity contribution in [3.8, 4) is 5.75 Å². The highest BCUT2D eigenvalue weighted by atomic mass is 19.1. The van der Waals surface area contributed by atoms with E-state index in [1.807, 2.05) is 0 Å². The second-order valence-corrected chi connectivity index (χ2v) is 6.84. The van der Waals surface area contributed by atoms with E-state index in [4.69, 9.17) is 4.74 Å². The van der Waals surface area contributed by atoms with Crippen molar-refractivity contribution in [1.82, 2.24) is 20.2 Å². The lowest BCUT2D eigenvalue weighted by molar-refractivity contribution is 0.0941. The average Bonchev–Trinajstić information content (AvgIpc) is 2.83. The number of ether oxygens (including phenoxy) is 1. The fraction of sp³-hybridized carbons (Fsp3) is 0.421. The molecule has 0 spiro atoms. The number of aromatic nitrogens is 2. The summed E-state index contributed by atoms with van der Waals surface area (Å²) in [5, 5.41) is 15.9. The molecule has 2 atom stereocenters. The first-order chi connectivity index (χ1) is 13.3. The van der Waals surface area contributed by atoms with Gasteiger partial charge in [-0.1, -0.05) is 12.1 Å². The van der Waals surface area contributed by atoms with Crippen molar-refractivity contribution in [2.24, 2.45) is 0 Å². The molecule has 2 unspecified atom stereocenters. The zero-order chi connectivity index (χ0) is 20.4. The van der Waals surface area contributed by atoms with Gasteiger partial charge in [-0.05, 0) is 38.1 Å². The number of benzene rings is 1. The van der Waals surface area contributed by atoms with Crippen LogP contribution >= 0.6 is 0 Å². The molecule has 0 fully saturated rings. The van der Waals surface area contributed by atoms with Gasteiger partial charge in [0.2, 0.25) is 5.75 Å². The molecule has 0 radical (unpaired) electrons. The smallest absolute Gasteiger partial charge is 0.296 e. The summed E-state index contributed by atoms with van der Waals surface area (Å²) in [7, 11) is 1.70. The van der Waals surface area contributed by atoms with Crippen LogP contribution in [0.4, 0.5) is 4.39 Å². The summed E-state index contributed by atoms with van der Waals surface area (Å²) in [6, 6.07) is 3.76. The van der Waals surface area contributed by atoms with Gasteiger partial charge in [0, 0.05) is 6.54 Å². The Morgan fingerprint density at radius 1 is 1.43 bits per heavy atom. The standard InChI is InChI=1S/C19H23FN4O4/c1-10-6-12(4-5-13(10)20)7-22-18(26)15-16(25)19(27)24-11(2)8-28-9-14(21-3)17(24)23-15/h4-6,11,14,21,25H,7-9H2,1-3H3,(H,22,26). The minimum atomic E-state index is -0.708. The summed E-state index contributed by atoms with van der Waals surface area (Å²) in [4.78, 5) is 29.5. The Hall–Kier alpha value is -2.78. The Morgan fingerprint density at radius 3 is 2.86 bits per heavy atom. The molecule has 3 rings (SSSR count). The van der Waals surface area contributed by atoms with Gasteiger partial charge in [0.1, 0.15) is 11.6 Å². The molecule has 2 aromatic rings. The van der Waals surface area contributed by atoms with Crippen LogP contribution in [0.1, 0.15) is 46.4 Å². The monoisotopic (exact) mass is 390 g/mol. The summed E-state index contributed by atoms with van der Waals surface area (Å²) in [5.74, 6) is -1.39. The third kappa shape index (κ3) is 3.76. The topological polar surface area (TPSA) is 105 Å². The Balaban J connectivity index is 1.92. The van der Waals surface area contributed by atoms with Crippen molar-refractivity contribution in [3.63, 3.8) is 0 Å². The van der Waals surface area contributed by atoms with Crippen LogP contribution in [0.15, 0.2) is 23.0 Å². The Labute approximate surface area is 161 Å². The molecule has 9 heteroatoms. The molecule has 0 aliphatic carbocycles. The molecular formula is C19H23FN4O4. The first-order valence-electron chi connectivity index (χ1n) is 8.97. The molecule has 1 aliphatic heterocycles. The van der Waals surface area contributed by atoms with Crippen molar-refractivity contribution in [1.29, 1.82) is 0 Å². The van der Waals surface area contributed by atoms with Crippen molar-refractivity contribution >= 4 is 5.91 Å². The third-order valence-corrected chi connectivity index (χ3v) is 4.75. The zero-order valence-electron chi connectivity index (χ0n) is 16.0. The van der Waals surface area contributed by atoms with E-state index in [2.05, 4.69) is 15.6 Å². The molecule has 150 valence electrons. The quantitative estimate of drug-likeness (QED) is 0.724. The number of nitrogens with zero attached hydrogens (tertiary/aromatic N) is 2. The van der Waals surface area contributed by atoms with Crippen molar-refractivity contribution in [2.45, 2.75) is 32.5 Å². The fourth-order valence-electron chi connectivity index (χ4n) is 3.17. The number of halogens is 1. The first kappa shape index (κ1) is 20.0. The molecule has 1 aromatic carbocycles. The minimum absolute atomic E-state index is 0.106. The number of rotatable bonds is 4. The molecule has 0 bridgehead atoms. The summed E-state index contributed by atoms with van der Waals surface area (Å²) >= 11 is 0. The van der Waals surface area contributed by atoms with E-state index >= 15 is 0 Å². The molecule has 1 amide bonds. The van der Waals surface area contributed by atoms with E-state index in [0.717, 1.165) is 0 Å². The average molecular weight is 390 g/mol. The number of fused-ring (bicyclic) bond motifs is 1. The normalized spacial score (nSPS) is 19.0. The van der Waals surface area contributed by atoms with Crippen LogP contribution in [0.5, 0.6) is 5.75 Å². The number of amides is 1. The lowest BCUT2D eigenvalue weighted by Crippen LogP contribution is -2.35. The van der Waals surface area contributed by atoms with E-state index in [1.165, 1.54) is 10.6 Å². The predicted molar refractivity (Wildman–Crippen MR) is 99.8 cm³/mol. The number of carbonyl (C=O) groups excluding carboxylic acids is 1. The van der Waals surface area contributed by atoms with Gasteiger partial charge in [0.15, 0.2) is 5.69 Å². The van der Waals surface area contributed by atoms with E-state index < -0.39 is 23.3 Å². The van der Waals surface area contributed by atoms with Crippen LogP contribution < -0.4 is 16.2 Å². The van der Waals surface area contributed by atoms with Crippen LogP contribution in [0.2, 0.25) is 0 Å². The second kappa shape index (κ2) is 8.07. The molecule has 0 saturated carbocycles. The van der Waals surface area contributed by atoms with Gasteiger partial charge in [0.25, 0.3) is 11.5 Å². The fourth-order valence-corrected chi connectivity index (χ4v) is 3.17. The molecule has 3 N–H and O–H groups in total. The van der Waals surface area contributed by atoms with Gasteiger partial charge in [-0.25, -0.2) is 9.37 Å². The maximum Gasteiger partial charge on any atom is 0.296 e. The largest absolute Gasteiger partial charge is 0.501 e. The van der Waals surface area contributed by atoms with Gasteiger partial charge in [-0.15, -0.1) is 0 Å². The number of aromatic hydroxyl groups is 1. The molecule has 1 aromatic heterocycles. The van der Waals surface area contributed by atoms with E-state index in [1.54, 1.807) is 33.0 Å². The minimum Gasteiger partial charge on any atom is -0.501 e. The molecule has 28 heavy (non-hydrogen) atoms. The number of hydrogen-bond acceptors (Lipinski definition) is 6. The van der Waals surface area contributed by atoms with Crippen molar-refractivity contribution in [2.75, 3.05) is 20.3 Å². The Morgan fingerprint density at radius 2 is 2.18 bits per heavy atom. The highest BCUT2D eigenvalue weighted by molar-refractivity contribution is 5.94. The number of aryl methyl sites for hydroxylation is 1. The zero-order valence-corrected chi connectivity index (χ0v) is 16.0. The number of nitrogens with one attached hydrogen (secondary N) is 2. The Bertz CT molecular complexity index is 960. The lowest BCUT2D eigenvalue weighted by atomic mass is 10.1. The van der Waals surface area contributed by atoms with Gasteiger partial charge in [-0.3, -0.25) is 14.2 Å². The van der Waals surface area contributed by atoms with E-state index in [0.29, 0.717) is 23.6 Å².